The van der Waals surface area contributed by atoms with Crippen LogP contribution in [0.5, 0.6) is 0 Å². The lowest BCUT2D eigenvalue weighted by atomic mass is 9.90. The molecular formula is C7H15OP. The van der Waals surface area contributed by atoms with Gasteiger partial charge in [0.05, 0.1) is 6.61 Å². The van der Waals surface area contributed by atoms with Crippen molar-refractivity contribution in [3.05, 3.63) is 0 Å². The molecule has 0 aliphatic heterocycles. The van der Waals surface area contributed by atoms with Crippen molar-refractivity contribution >= 4 is 9.47 Å². The molecule has 1 fully saturated rings. The molecule has 1 rings (SSSR count). The van der Waals surface area contributed by atoms with Gasteiger partial charge in [-0.3, -0.25) is 0 Å². The summed E-state index contributed by atoms with van der Waals surface area (Å²) < 4.78 is 5.00. The molecule has 0 radical (unpaired) electrons. The third-order valence-electron chi connectivity index (χ3n) is 2.06. The van der Waals surface area contributed by atoms with Gasteiger partial charge in [-0.05, 0) is 18.8 Å². The van der Waals surface area contributed by atoms with Gasteiger partial charge >= 0.3 is 0 Å². The zero-order chi connectivity index (χ0) is 6.53. The Morgan fingerprint density at radius 1 is 1.22 bits per heavy atom. The fourth-order valence-electron chi connectivity index (χ4n) is 1.49. The Bertz CT molecular complexity index is 66.6. The van der Waals surface area contributed by atoms with Crippen LogP contribution in [-0.4, -0.2) is 6.61 Å². The van der Waals surface area contributed by atoms with Gasteiger partial charge in [0, 0.05) is 9.47 Å². The van der Waals surface area contributed by atoms with Crippen molar-refractivity contribution in [3.63, 3.8) is 0 Å². The molecular weight excluding hydrogens is 131 g/mol. The molecule has 1 atom stereocenters. The first-order valence-electron chi connectivity index (χ1n) is 3.75. The van der Waals surface area contributed by atoms with Gasteiger partial charge in [-0.2, -0.15) is 0 Å². The van der Waals surface area contributed by atoms with E-state index in [0.29, 0.717) is 0 Å². The zero-order valence-electron chi connectivity index (χ0n) is 5.81. The average Bonchev–Trinajstić information content (AvgIpc) is 1.91. The second-order valence-corrected chi connectivity index (χ2v) is 3.17. The van der Waals surface area contributed by atoms with Crippen LogP contribution in [0.4, 0.5) is 0 Å². The largest absolute Gasteiger partial charge is 0.365 e. The number of rotatable bonds is 2. The highest BCUT2D eigenvalue weighted by molar-refractivity contribution is 7.09. The summed E-state index contributed by atoms with van der Waals surface area (Å²) in [5.74, 6) is 0.858. The predicted molar refractivity (Wildman–Crippen MR) is 42.2 cm³/mol. The molecule has 2 heteroatoms. The SMILES string of the molecule is POCC1CCCCC1. The molecule has 1 aliphatic rings. The van der Waals surface area contributed by atoms with Gasteiger partial charge < -0.3 is 4.52 Å². The third-order valence-corrected chi connectivity index (χ3v) is 2.25. The molecule has 0 heterocycles. The van der Waals surface area contributed by atoms with Crippen molar-refractivity contribution in [2.75, 3.05) is 6.61 Å². The van der Waals surface area contributed by atoms with Crippen LogP contribution in [0, 0.1) is 5.92 Å². The highest BCUT2D eigenvalue weighted by atomic mass is 31.0. The van der Waals surface area contributed by atoms with Crippen LogP contribution in [0.3, 0.4) is 0 Å². The molecule has 0 spiro atoms. The molecule has 0 amide bonds. The first-order chi connectivity index (χ1) is 4.43. The quantitative estimate of drug-likeness (QED) is 0.543. The molecule has 1 aliphatic carbocycles. The van der Waals surface area contributed by atoms with Gasteiger partial charge in [-0.1, -0.05) is 19.3 Å². The molecule has 0 N–H and O–H groups in total. The molecule has 1 unspecified atom stereocenters. The van der Waals surface area contributed by atoms with Gasteiger partial charge in [-0.25, -0.2) is 0 Å². The Morgan fingerprint density at radius 3 is 2.44 bits per heavy atom. The van der Waals surface area contributed by atoms with E-state index < -0.39 is 0 Å². The van der Waals surface area contributed by atoms with Gasteiger partial charge in [0.2, 0.25) is 0 Å². The average molecular weight is 146 g/mol. The Kier molecular flexibility index (Phi) is 3.54. The van der Waals surface area contributed by atoms with Crippen molar-refractivity contribution in [1.29, 1.82) is 0 Å². The van der Waals surface area contributed by atoms with Crippen molar-refractivity contribution in [2.45, 2.75) is 32.1 Å². The van der Waals surface area contributed by atoms with Crippen LogP contribution in [0.2, 0.25) is 0 Å². The summed E-state index contributed by atoms with van der Waals surface area (Å²) >= 11 is 0. The van der Waals surface area contributed by atoms with Gasteiger partial charge in [0.15, 0.2) is 0 Å². The van der Waals surface area contributed by atoms with E-state index in [2.05, 4.69) is 9.47 Å². The molecule has 9 heavy (non-hydrogen) atoms. The highest BCUT2D eigenvalue weighted by Gasteiger charge is 2.11. The molecule has 1 saturated carbocycles. The van der Waals surface area contributed by atoms with Crippen LogP contribution in [0.25, 0.3) is 0 Å². The van der Waals surface area contributed by atoms with Gasteiger partial charge in [0.1, 0.15) is 0 Å². The maximum absolute atomic E-state index is 5.00. The summed E-state index contributed by atoms with van der Waals surface area (Å²) in [5.41, 5.74) is 0. The van der Waals surface area contributed by atoms with Crippen molar-refractivity contribution < 1.29 is 4.52 Å². The van der Waals surface area contributed by atoms with Gasteiger partial charge in [-0.15, -0.1) is 0 Å². The van der Waals surface area contributed by atoms with E-state index in [1.54, 1.807) is 0 Å². The van der Waals surface area contributed by atoms with Crippen LogP contribution in [0.15, 0.2) is 0 Å². The minimum atomic E-state index is 0.858. The number of hydrogen-bond acceptors (Lipinski definition) is 1. The van der Waals surface area contributed by atoms with Crippen LogP contribution in [-0.2, 0) is 4.52 Å². The van der Waals surface area contributed by atoms with E-state index in [1.165, 1.54) is 32.1 Å². The fraction of sp³-hybridized carbons (Fsp3) is 1.00. The predicted octanol–water partition coefficient (Wildman–Crippen LogP) is 2.37. The van der Waals surface area contributed by atoms with E-state index in [1.807, 2.05) is 0 Å². The maximum Gasteiger partial charge on any atom is 0.0530 e. The van der Waals surface area contributed by atoms with Crippen molar-refractivity contribution in [2.24, 2.45) is 5.92 Å². The van der Waals surface area contributed by atoms with Gasteiger partial charge in [0.25, 0.3) is 0 Å². The molecule has 0 aromatic carbocycles. The second-order valence-electron chi connectivity index (χ2n) is 2.84. The normalized spacial score (nSPS) is 22.3. The van der Waals surface area contributed by atoms with E-state index >= 15 is 0 Å². The van der Waals surface area contributed by atoms with E-state index in [-0.39, 0.29) is 0 Å². The van der Waals surface area contributed by atoms with E-state index in [4.69, 9.17) is 4.52 Å². The van der Waals surface area contributed by atoms with Crippen LogP contribution in [0.1, 0.15) is 32.1 Å². The molecule has 0 saturated heterocycles. The number of hydrogen-bond donors (Lipinski definition) is 0. The molecule has 1 nitrogen and oxygen atoms in total. The standard InChI is InChI=1S/C7H15OP/c9-8-6-7-4-2-1-3-5-7/h7H,1-6,9H2. The second kappa shape index (κ2) is 4.24. The monoisotopic (exact) mass is 146 g/mol. The molecule has 54 valence electrons. The third kappa shape index (κ3) is 2.64. The minimum Gasteiger partial charge on any atom is -0.365 e. The summed E-state index contributed by atoms with van der Waals surface area (Å²) in [6.07, 6.45) is 7.04. The molecule has 0 aromatic rings. The lowest BCUT2D eigenvalue weighted by molar-refractivity contribution is 0.233. The lowest BCUT2D eigenvalue weighted by Gasteiger charge is -2.19. The Labute approximate surface area is 59.5 Å². The fourth-order valence-corrected chi connectivity index (χ4v) is 1.76. The lowest BCUT2D eigenvalue weighted by Crippen LogP contribution is -2.10. The Morgan fingerprint density at radius 2 is 1.89 bits per heavy atom. The first kappa shape index (κ1) is 7.50. The summed E-state index contributed by atoms with van der Waals surface area (Å²) in [7, 11) is 2.33. The first-order valence-corrected chi connectivity index (χ1v) is 4.22. The minimum absolute atomic E-state index is 0.858. The molecule has 0 aromatic heterocycles. The summed E-state index contributed by atoms with van der Waals surface area (Å²) in [5, 5.41) is 0. The smallest absolute Gasteiger partial charge is 0.0530 e. The topological polar surface area (TPSA) is 9.23 Å². The zero-order valence-corrected chi connectivity index (χ0v) is 6.96. The van der Waals surface area contributed by atoms with E-state index in [0.717, 1.165) is 12.5 Å². The molecule has 0 bridgehead atoms. The van der Waals surface area contributed by atoms with Crippen molar-refractivity contribution in [3.8, 4) is 0 Å². The van der Waals surface area contributed by atoms with Crippen LogP contribution < -0.4 is 0 Å². The summed E-state index contributed by atoms with van der Waals surface area (Å²) in [4.78, 5) is 0. The Balaban J connectivity index is 2.08. The summed E-state index contributed by atoms with van der Waals surface area (Å²) in [6.45, 7) is 0.949. The Hall–Kier alpha value is 0.390. The summed E-state index contributed by atoms with van der Waals surface area (Å²) in [6, 6.07) is 0. The van der Waals surface area contributed by atoms with Crippen LogP contribution >= 0.6 is 9.47 Å². The van der Waals surface area contributed by atoms with Crippen molar-refractivity contribution in [1.82, 2.24) is 0 Å². The maximum atomic E-state index is 5.00. The highest BCUT2D eigenvalue weighted by Crippen LogP contribution is 2.23. The van der Waals surface area contributed by atoms with E-state index in [9.17, 15) is 0 Å².